The lowest BCUT2D eigenvalue weighted by molar-refractivity contribution is -0.137. The van der Waals surface area contributed by atoms with Crippen molar-refractivity contribution < 1.29 is 4.79 Å². The van der Waals surface area contributed by atoms with Crippen molar-refractivity contribution in [2.45, 2.75) is 90.6 Å². The highest BCUT2D eigenvalue weighted by atomic mass is 16.2. The van der Waals surface area contributed by atoms with Crippen LogP contribution in [0.3, 0.4) is 0 Å². The van der Waals surface area contributed by atoms with Gasteiger partial charge in [-0.2, -0.15) is 0 Å². The van der Waals surface area contributed by atoms with E-state index in [1.807, 2.05) is 0 Å². The molecule has 0 aromatic heterocycles. The summed E-state index contributed by atoms with van der Waals surface area (Å²) in [4.78, 5) is 14.3. The van der Waals surface area contributed by atoms with Crippen molar-refractivity contribution in [2.75, 3.05) is 0 Å². The smallest absolute Gasteiger partial charge is 0.223 e. The van der Waals surface area contributed by atoms with Crippen LogP contribution in [0.25, 0.3) is 0 Å². The van der Waals surface area contributed by atoms with Crippen molar-refractivity contribution in [1.82, 2.24) is 4.90 Å². The average Bonchev–Trinajstić information content (AvgIpc) is 2.28. The van der Waals surface area contributed by atoms with E-state index < -0.39 is 0 Å². The van der Waals surface area contributed by atoms with Gasteiger partial charge in [0.25, 0.3) is 0 Å². The topological polar surface area (TPSA) is 20.3 Å². The first-order valence-electron chi connectivity index (χ1n) is 7.48. The lowest BCUT2D eigenvalue weighted by Crippen LogP contribution is -2.47. The monoisotopic (exact) mass is 239 g/mol. The molecule has 0 aromatic rings. The molecular weight excluding hydrogens is 210 g/mol. The Balaban J connectivity index is 2.25. The second-order valence-electron chi connectivity index (χ2n) is 5.59. The third-order valence-corrected chi connectivity index (χ3v) is 3.98. The van der Waals surface area contributed by atoms with E-state index in [0.29, 0.717) is 18.0 Å². The number of rotatable bonds is 6. The molecule has 1 aliphatic heterocycles. The highest BCUT2D eigenvalue weighted by Gasteiger charge is 2.28. The number of hydrogen-bond acceptors (Lipinski definition) is 1. The van der Waals surface area contributed by atoms with Gasteiger partial charge < -0.3 is 4.90 Å². The average molecular weight is 239 g/mol. The molecule has 0 radical (unpaired) electrons. The summed E-state index contributed by atoms with van der Waals surface area (Å²) in [6.45, 7) is 6.62. The van der Waals surface area contributed by atoms with Crippen LogP contribution in [-0.4, -0.2) is 22.9 Å². The number of amides is 1. The van der Waals surface area contributed by atoms with Crippen molar-refractivity contribution in [3.05, 3.63) is 0 Å². The normalized spacial score (nSPS) is 25.0. The third-order valence-electron chi connectivity index (χ3n) is 3.98. The summed E-state index contributed by atoms with van der Waals surface area (Å²) in [6.07, 6.45) is 10.6. The number of hydrogen-bond donors (Lipinski definition) is 0. The standard InChI is InChI=1S/C15H29NO/c1-4-5-6-7-8-12-15(17)16-13(2)10-9-11-14(16)3/h13-14H,4-12H2,1-3H3. The van der Waals surface area contributed by atoms with Crippen LogP contribution in [0.1, 0.15) is 78.6 Å². The lowest BCUT2D eigenvalue weighted by Gasteiger charge is -2.39. The Hall–Kier alpha value is -0.530. The van der Waals surface area contributed by atoms with E-state index in [9.17, 15) is 4.79 Å². The maximum Gasteiger partial charge on any atom is 0.223 e. The molecule has 0 N–H and O–H groups in total. The molecule has 1 heterocycles. The van der Waals surface area contributed by atoms with Gasteiger partial charge in [0.15, 0.2) is 0 Å². The summed E-state index contributed by atoms with van der Waals surface area (Å²) in [5, 5.41) is 0. The summed E-state index contributed by atoms with van der Waals surface area (Å²) in [5.41, 5.74) is 0. The molecule has 2 heteroatoms. The Morgan fingerprint density at radius 1 is 1.06 bits per heavy atom. The van der Waals surface area contributed by atoms with Crippen LogP contribution in [-0.2, 0) is 4.79 Å². The van der Waals surface area contributed by atoms with E-state index in [1.54, 1.807) is 0 Å². The maximum absolute atomic E-state index is 12.2. The minimum Gasteiger partial charge on any atom is -0.337 e. The molecule has 1 aliphatic rings. The van der Waals surface area contributed by atoms with E-state index in [-0.39, 0.29) is 0 Å². The molecule has 1 amide bonds. The number of carbonyl (C=O) groups is 1. The van der Waals surface area contributed by atoms with Crippen LogP contribution >= 0.6 is 0 Å². The number of piperidine rings is 1. The predicted molar refractivity (Wildman–Crippen MR) is 73.0 cm³/mol. The lowest BCUT2D eigenvalue weighted by atomic mass is 9.96. The first-order chi connectivity index (χ1) is 8.16. The van der Waals surface area contributed by atoms with E-state index in [0.717, 1.165) is 12.8 Å². The van der Waals surface area contributed by atoms with Crippen molar-refractivity contribution in [1.29, 1.82) is 0 Å². The van der Waals surface area contributed by atoms with Crippen molar-refractivity contribution in [2.24, 2.45) is 0 Å². The minimum atomic E-state index is 0.390. The molecule has 1 fully saturated rings. The number of carbonyl (C=O) groups excluding carboxylic acids is 1. The summed E-state index contributed by atoms with van der Waals surface area (Å²) >= 11 is 0. The molecule has 17 heavy (non-hydrogen) atoms. The quantitative estimate of drug-likeness (QED) is 0.638. The fourth-order valence-electron chi connectivity index (χ4n) is 2.92. The van der Waals surface area contributed by atoms with Crippen molar-refractivity contribution >= 4 is 5.91 Å². The van der Waals surface area contributed by atoms with E-state index in [1.165, 1.54) is 44.9 Å². The molecule has 0 aliphatic carbocycles. The zero-order chi connectivity index (χ0) is 12.7. The second kappa shape index (κ2) is 7.73. The fourth-order valence-corrected chi connectivity index (χ4v) is 2.92. The number of nitrogens with zero attached hydrogens (tertiary/aromatic N) is 1. The SMILES string of the molecule is CCCCCCCC(=O)N1C(C)CCCC1C. The van der Waals surface area contributed by atoms with Crippen LogP contribution in [0.15, 0.2) is 0 Å². The molecule has 0 saturated carbocycles. The molecule has 1 saturated heterocycles. The number of unbranched alkanes of at least 4 members (excludes halogenated alkanes) is 4. The fraction of sp³-hybridized carbons (Fsp3) is 0.933. The second-order valence-corrected chi connectivity index (χ2v) is 5.59. The molecule has 1 rings (SSSR count). The molecule has 0 spiro atoms. The van der Waals surface area contributed by atoms with Crippen molar-refractivity contribution in [3.8, 4) is 0 Å². The zero-order valence-electron chi connectivity index (χ0n) is 11.9. The summed E-state index contributed by atoms with van der Waals surface area (Å²) < 4.78 is 0. The maximum atomic E-state index is 12.2. The number of likely N-dealkylation sites (tertiary alicyclic amines) is 1. The molecule has 0 bridgehead atoms. The van der Waals surface area contributed by atoms with Gasteiger partial charge in [-0.1, -0.05) is 32.6 Å². The van der Waals surface area contributed by atoms with Gasteiger partial charge in [0, 0.05) is 18.5 Å². The van der Waals surface area contributed by atoms with Crippen LogP contribution < -0.4 is 0 Å². The van der Waals surface area contributed by atoms with Crippen LogP contribution in [0.2, 0.25) is 0 Å². The largest absolute Gasteiger partial charge is 0.337 e. The Bertz CT molecular complexity index is 217. The minimum absolute atomic E-state index is 0.390. The summed E-state index contributed by atoms with van der Waals surface area (Å²) in [7, 11) is 0. The van der Waals surface area contributed by atoms with Gasteiger partial charge in [-0.05, 0) is 39.5 Å². The summed E-state index contributed by atoms with van der Waals surface area (Å²) in [5.74, 6) is 0.390. The Kier molecular flexibility index (Phi) is 6.61. The van der Waals surface area contributed by atoms with E-state index in [2.05, 4.69) is 25.7 Å². The highest BCUT2D eigenvalue weighted by molar-refractivity contribution is 5.76. The van der Waals surface area contributed by atoms with Gasteiger partial charge in [-0.3, -0.25) is 4.79 Å². The highest BCUT2D eigenvalue weighted by Crippen LogP contribution is 2.23. The van der Waals surface area contributed by atoms with Crippen molar-refractivity contribution in [3.63, 3.8) is 0 Å². The molecule has 2 atom stereocenters. The van der Waals surface area contributed by atoms with Gasteiger partial charge >= 0.3 is 0 Å². The molecule has 100 valence electrons. The van der Waals surface area contributed by atoms with E-state index in [4.69, 9.17) is 0 Å². The van der Waals surface area contributed by atoms with Crippen LogP contribution in [0.5, 0.6) is 0 Å². The molecule has 2 nitrogen and oxygen atoms in total. The van der Waals surface area contributed by atoms with Gasteiger partial charge in [0.2, 0.25) is 5.91 Å². The predicted octanol–water partition coefficient (Wildman–Crippen LogP) is 4.14. The van der Waals surface area contributed by atoms with E-state index >= 15 is 0 Å². The Labute approximate surface area is 107 Å². The molecule has 2 unspecified atom stereocenters. The third kappa shape index (κ3) is 4.69. The Morgan fingerprint density at radius 2 is 1.65 bits per heavy atom. The van der Waals surface area contributed by atoms with Gasteiger partial charge in [0.05, 0.1) is 0 Å². The zero-order valence-corrected chi connectivity index (χ0v) is 11.9. The van der Waals surface area contributed by atoms with Gasteiger partial charge in [-0.25, -0.2) is 0 Å². The molecular formula is C15H29NO. The first-order valence-corrected chi connectivity index (χ1v) is 7.48. The van der Waals surface area contributed by atoms with Gasteiger partial charge in [0.1, 0.15) is 0 Å². The Morgan fingerprint density at radius 3 is 2.24 bits per heavy atom. The van der Waals surface area contributed by atoms with Gasteiger partial charge in [-0.15, -0.1) is 0 Å². The molecule has 0 aromatic carbocycles. The van der Waals surface area contributed by atoms with Crippen LogP contribution in [0, 0.1) is 0 Å². The summed E-state index contributed by atoms with van der Waals surface area (Å²) in [6, 6.07) is 0.920. The first kappa shape index (κ1) is 14.5. The van der Waals surface area contributed by atoms with Crippen LogP contribution in [0.4, 0.5) is 0 Å².